The minimum atomic E-state index is -0.820. The number of benzene rings is 1. The zero-order valence-electron chi connectivity index (χ0n) is 7.83. The van der Waals surface area contributed by atoms with E-state index in [2.05, 4.69) is 0 Å². The van der Waals surface area contributed by atoms with Gasteiger partial charge in [-0.15, -0.1) is 0 Å². The summed E-state index contributed by atoms with van der Waals surface area (Å²) in [7, 11) is 0. The van der Waals surface area contributed by atoms with Gasteiger partial charge >= 0.3 is 0 Å². The highest BCUT2D eigenvalue weighted by Gasteiger charge is 2.04. The SMILES string of the molecule is CC(F)Cc1ccccc1CCO. The molecule has 0 heterocycles. The predicted molar refractivity (Wildman–Crippen MR) is 51.5 cm³/mol. The Morgan fingerprint density at radius 2 is 1.92 bits per heavy atom. The van der Waals surface area contributed by atoms with Crippen LogP contribution in [0.5, 0.6) is 0 Å². The van der Waals surface area contributed by atoms with Crippen molar-refractivity contribution in [3.05, 3.63) is 35.4 Å². The number of halogens is 1. The molecule has 13 heavy (non-hydrogen) atoms. The lowest BCUT2D eigenvalue weighted by Gasteiger charge is -2.08. The van der Waals surface area contributed by atoms with E-state index in [0.717, 1.165) is 11.1 Å². The van der Waals surface area contributed by atoms with E-state index in [1.54, 1.807) is 6.92 Å². The van der Waals surface area contributed by atoms with Crippen molar-refractivity contribution in [3.8, 4) is 0 Å². The molecule has 0 saturated carbocycles. The van der Waals surface area contributed by atoms with E-state index < -0.39 is 6.17 Å². The molecule has 0 saturated heterocycles. The van der Waals surface area contributed by atoms with Gasteiger partial charge in [0.1, 0.15) is 6.17 Å². The maximum absolute atomic E-state index is 12.7. The fraction of sp³-hybridized carbons (Fsp3) is 0.455. The monoisotopic (exact) mass is 182 g/mol. The molecule has 1 unspecified atom stereocenters. The Hall–Kier alpha value is -0.890. The third-order valence-electron chi connectivity index (χ3n) is 2.00. The average Bonchev–Trinajstić information content (AvgIpc) is 2.08. The van der Waals surface area contributed by atoms with Crippen molar-refractivity contribution in [1.82, 2.24) is 0 Å². The van der Waals surface area contributed by atoms with Crippen LogP contribution in [0.3, 0.4) is 0 Å². The highest BCUT2D eigenvalue weighted by atomic mass is 19.1. The van der Waals surface area contributed by atoms with Crippen molar-refractivity contribution in [3.63, 3.8) is 0 Å². The number of alkyl halides is 1. The Labute approximate surface area is 78.2 Å². The molecule has 0 aromatic heterocycles. The summed E-state index contributed by atoms with van der Waals surface area (Å²) in [6.45, 7) is 1.67. The first-order valence-corrected chi connectivity index (χ1v) is 4.55. The molecule has 1 rings (SSSR count). The molecule has 0 radical (unpaired) electrons. The van der Waals surface area contributed by atoms with Gasteiger partial charge in [0.25, 0.3) is 0 Å². The fourth-order valence-corrected chi connectivity index (χ4v) is 1.42. The minimum Gasteiger partial charge on any atom is -0.396 e. The number of hydrogen-bond acceptors (Lipinski definition) is 1. The zero-order valence-corrected chi connectivity index (χ0v) is 7.83. The van der Waals surface area contributed by atoms with Gasteiger partial charge in [-0.25, -0.2) is 4.39 Å². The zero-order chi connectivity index (χ0) is 9.68. The first-order valence-electron chi connectivity index (χ1n) is 4.55. The molecule has 1 N–H and O–H groups in total. The van der Waals surface area contributed by atoms with Gasteiger partial charge in [-0.1, -0.05) is 24.3 Å². The van der Waals surface area contributed by atoms with Crippen LogP contribution in [0.25, 0.3) is 0 Å². The summed E-state index contributed by atoms with van der Waals surface area (Å²) in [6.07, 6.45) is 0.235. The lowest BCUT2D eigenvalue weighted by Crippen LogP contribution is -2.03. The first kappa shape index (κ1) is 10.2. The normalized spacial score (nSPS) is 12.8. The Balaban J connectivity index is 2.78. The second kappa shape index (κ2) is 4.97. The van der Waals surface area contributed by atoms with Gasteiger partial charge < -0.3 is 5.11 Å². The van der Waals surface area contributed by atoms with E-state index in [4.69, 9.17) is 5.11 Å². The van der Waals surface area contributed by atoms with Crippen LogP contribution in [0.1, 0.15) is 18.1 Å². The molecule has 0 aliphatic rings. The summed E-state index contributed by atoms with van der Waals surface area (Å²) in [4.78, 5) is 0. The molecule has 0 amide bonds. The topological polar surface area (TPSA) is 20.2 Å². The van der Waals surface area contributed by atoms with E-state index in [0.29, 0.717) is 12.8 Å². The number of rotatable bonds is 4. The van der Waals surface area contributed by atoms with Crippen molar-refractivity contribution in [2.75, 3.05) is 6.61 Å². The van der Waals surface area contributed by atoms with Crippen LogP contribution in [-0.4, -0.2) is 17.9 Å². The smallest absolute Gasteiger partial charge is 0.101 e. The van der Waals surface area contributed by atoms with E-state index in [1.807, 2.05) is 24.3 Å². The van der Waals surface area contributed by atoms with Crippen molar-refractivity contribution in [1.29, 1.82) is 0 Å². The summed E-state index contributed by atoms with van der Waals surface area (Å²) in [5, 5.41) is 8.78. The molecule has 1 nitrogen and oxygen atoms in total. The molecular formula is C11H15FO. The van der Waals surface area contributed by atoms with Gasteiger partial charge in [-0.05, 0) is 24.5 Å². The van der Waals surface area contributed by atoms with Crippen LogP contribution >= 0.6 is 0 Å². The molecule has 0 bridgehead atoms. The quantitative estimate of drug-likeness (QED) is 0.756. The van der Waals surface area contributed by atoms with Gasteiger partial charge in [0.05, 0.1) is 0 Å². The Morgan fingerprint density at radius 1 is 1.31 bits per heavy atom. The Kier molecular flexibility index (Phi) is 3.90. The van der Waals surface area contributed by atoms with Crippen LogP contribution in [0.4, 0.5) is 4.39 Å². The summed E-state index contributed by atoms with van der Waals surface area (Å²) in [6, 6.07) is 7.67. The summed E-state index contributed by atoms with van der Waals surface area (Å²) >= 11 is 0. The lowest BCUT2D eigenvalue weighted by atomic mass is 10.0. The molecule has 1 atom stereocenters. The largest absolute Gasteiger partial charge is 0.396 e. The van der Waals surface area contributed by atoms with Gasteiger partial charge in [-0.2, -0.15) is 0 Å². The third-order valence-corrected chi connectivity index (χ3v) is 2.00. The minimum absolute atomic E-state index is 0.123. The van der Waals surface area contributed by atoms with Gasteiger partial charge in [0, 0.05) is 13.0 Å². The van der Waals surface area contributed by atoms with E-state index >= 15 is 0 Å². The van der Waals surface area contributed by atoms with Gasteiger partial charge in [-0.3, -0.25) is 0 Å². The van der Waals surface area contributed by atoms with Gasteiger partial charge in [0.15, 0.2) is 0 Å². The van der Waals surface area contributed by atoms with Crippen molar-refractivity contribution in [2.45, 2.75) is 25.9 Å². The summed E-state index contributed by atoms with van der Waals surface area (Å²) < 4.78 is 12.7. The van der Waals surface area contributed by atoms with Crippen LogP contribution in [0.15, 0.2) is 24.3 Å². The molecule has 0 spiro atoms. The number of hydrogen-bond donors (Lipinski definition) is 1. The fourth-order valence-electron chi connectivity index (χ4n) is 1.42. The average molecular weight is 182 g/mol. The first-order chi connectivity index (χ1) is 6.24. The van der Waals surface area contributed by atoms with Crippen LogP contribution < -0.4 is 0 Å². The molecule has 72 valence electrons. The van der Waals surface area contributed by atoms with Gasteiger partial charge in [0.2, 0.25) is 0 Å². The molecule has 0 fully saturated rings. The van der Waals surface area contributed by atoms with E-state index in [1.165, 1.54) is 0 Å². The maximum atomic E-state index is 12.7. The van der Waals surface area contributed by atoms with E-state index in [-0.39, 0.29) is 6.61 Å². The number of aliphatic hydroxyl groups excluding tert-OH is 1. The molecule has 0 aliphatic carbocycles. The Morgan fingerprint density at radius 3 is 2.46 bits per heavy atom. The van der Waals surface area contributed by atoms with Crippen LogP contribution in [0, 0.1) is 0 Å². The standard InChI is InChI=1S/C11H15FO/c1-9(12)8-11-5-3-2-4-10(11)6-7-13/h2-5,9,13H,6-8H2,1H3. The predicted octanol–water partition coefficient (Wildman–Crippen LogP) is 2.12. The van der Waals surface area contributed by atoms with E-state index in [9.17, 15) is 4.39 Å². The van der Waals surface area contributed by atoms with Crippen LogP contribution in [-0.2, 0) is 12.8 Å². The molecule has 0 aliphatic heterocycles. The third kappa shape index (κ3) is 3.15. The summed E-state index contributed by atoms with van der Waals surface area (Å²) in [5.41, 5.74) is 2.06. The molecule has 2 heteroatoms. The number of aliphatic hydroxyl groups is 1. The molecule has 1 aromatic carbocycles. The molecule has 1 aromatic rings. The summed E-state index contributed by atoms with van der Waals surface area (Å²) in [5.74, 6) is 0. The highest BCUT2D eigenvalue weighted by Crippen LogP contribution is 2.12. The second-order valence-corrected chi connectivity index (χ2v) is 3.23. The lowest BCUT2D eigenvalue weighted by molar-refractivity contribution is 0.298. The Bertz CT molecular complexity index is 258. The van der Waals surface area contributed by atoms with Crippen LogP contribution in [0.2, 0.25) is 0 Å². The maximum Gasteiger partial charge on any atom is 0.101 e. The highest BCUT2D eigenvalue weighted by molar-refractivity contribution is 5.27. The molecular weight excluding hydrogens is 167 g/mol. The second-order valence-electron chi connectivity index (χ2n) is 3.23. The van der Waals surface area contributed by atoms with Crippen molar-refractivity contribution in [2.24, 2.45) is 0 Å². The van der Waals surface area contributed by atoms with Crippen molar-refractivity contribution < 1.29 is 9.50 Å². The van der Waals surface area contributed by atoms with Crippen molar-refractivity contribution >= 4 is 0 Å².